The molecular weight excluding hydrogens is 247 g/mol. The smallest absolute Gasteiger partial charge is 0.150 e. The van der Waals surface area contributed by atoms with Crippen molar-refractivity contribution < 1.29 is 29.1 Å². The fourth-order valence-corrected chi connectivity index (χ4v) is 0.628. The molecule has 1 aromatic rings. The van der Waals surface area contributed by atoms with Crippen molar-refractivity contribution in [1.82, 2.24) is 0 Å². The molecular formula is C6H7IOS. The standard InChI is InChI=1S/C6H6OS.HI/c7-5-1-3-6(8)4-2-5;/h1-4,7-8H;1H. The second kappa shape index (κ2) is 4.00. The van der Waals surface area contributed by atoms with Crippen LogP contribution in [0.2, 0.25) is 0 Å². The average molecular weight is 254 g/mol. The van der Waals surface area contributed by atoms with E-state index in [1.165, 1.54) is 0 Å². The van der Waals surface area contributed by atoms with Crippen molar-refractivity contribution in [3.8, 4) is 5.75 Å². The number of hydrogen-bond donors (Lipinski definition) is 1. The summed E-state index contributed by atoms with van der Waals surface area (Å²) in [5.74, 6) is 0.298. The van der Waals surface area contributed by atoms with Crippen LogP contribution in [0.4, 0.5) is 0 Å². The van der Waals surface area contributed by atoms with Gasteiger partial charge in [0.15, 0.2) is 4.90 Å². The average Bonchev–Trinajstić information content (AvgIpc) is 1.77. The molecule has 0 aromatic heterocycles. The lowest BCUT2D eigenvalue weighted by Crippen LogP contribution is -3.00. The molecule has 1 aromatic carbocycles. The van der Waals surface area contributed by atoms with Gasteiger partial charge in [-0.15, -0.1) is 0 Å². The first-order valence-electron chi connectivity index (χ1n) is 2.29. The lowest BCUT2D eigenvalue weighted by atomic mass is 10.3. The van der Waals surface area contributed by atoms with E-state index in [1.807, 2.05) is 0 Å². The number of rotatable bonds is 0. The van der Waals surface area contributed by atoms with E-state index in [4.69, 9.17) is 5.11 Å². The lowest BCUT2D eigenvalue weighted by molar-refractivity contribution is -0.00000259. The molecule has 0 spiro atoms. The lowest BCUT2D eigenvalue weighted by Gasteiger charge is -1.84. The third-order valence-corrected chi connectivity index (χ3v) is 1.20. The minimum atomic E-state index is 0. The summed E-state index contributed by atoms with van der Waals surface area (Å²) in [4.78, 5) is 0.975. The van der Waals surface area contributed by atoms with Crippen LogP contribution in [-0.2, 0) is 12.6 Å². The molecule has 9 heavy (non-hydrogen) atoms. The first-order valence-corrected chi connectivity index (χ1v) is 2.79. The summed E-state index contributed by atoms with van der Waals surface area (Å²) in [6.07, 6.45) is 0. The van der Waals surface area contributed by atoms with E-state index >= 15 is 0 Å². The van der Waals surface area contributed by atoms with Crippen LogP contribution in [0, 0.1) is 0 Å². The Hall–Kier alpha value is 0.1000. The zero-order valence-electron chi connectivity index (χ0n) is 4.63. The normalized spacial score (nSPS) is 8.11. The monoisotopic (exact) mass is 254 g/mol. The number of halogens is 1. The molecule has 0 aliphatic rings. The Bertz CT molecular complexity index is 152. The summed E-state index contributed by atoms with van der Waals surface area (Å²) in [5.41, 5.74) is 0. The number of phenolic OH excluding ortho intramolecular Hbond substituents is 1. The molecule has 1 nitrogen and oxygen atoms in total. The quantitative estimate of drug-likeness (QED) is 0.410. The molecule has 3 heteroatoms. The molecule has 0 fully saturated rings. The largest absolute Gasteiger partial charge is 1.00 e. The molecule has 0 amide bonds. The van der Waals surface area contributed by atoms with Gasteiger partial charge in [-0.3, -0.25) is 0 Å². The Labute approximate surface area is 76.5 Å². The molecule has 0 radical (unpaired) electrons. The summed E-state index contributed by atoms with van der Waals surface area (Å²) in [6, 6.07) is 6.82. The summed E-state index contributed by atoms with van der Waals surface area (Å²) >= 11 is 3.28. The molecule has 50 valence electrons. The predicted octanol–water partition coefficient (Wildman–Crippen LogP) is -2.23. The van der Waals surface area contributed by atoms with Crippen LogP contribution >= 0.6 is 0 Å². The summed E-state index contributed by atoms with van der Waals surface area (Å²) in [7, 11) is 0. The van der Waals surface area contributed by atoms with Gasteiger partial charge < -0.3 is 29.1 Å². The van der Waals surface area contributed by atoms with Crippen LogP contribution in [-0.4, -0.2) is 5.11 Å². The molecule has 0 bridgehead atoms. The van der Waals surface area contributed by atoms with E-state index in [-0.39, 0.29) is 24.0 Å². The minimum Gasteiger partial charge on any atom is -1.00 e. The van der Waals surface area contributed by atoms with Gasteiger partial charge in [0.25, 0.3) is 0 Å². The fraction of sp³-hybridized carbons (Fsp3) is 0. The maximum absolute atomic E-state index is 8.74. The van der Waals surface area contributed by atoms with Crippen molar-refractivity contribution in [2.45, 2.75) is 4.90 Å². The summed E-state index contributed by atoms with van der Waals surface area (Å²) in [5, 5.41) is 8.74. The highest BCUT2D eigenvalue weighted by Crippen LogP contribution is 2.07. The van der Waals surface area contributed by atoms with E-state index in [9.17, 15) is 0 Å². The van der Waals surface area contributed by atoms with Crippen molar-refractivity contribution >= 4 is 12.6 Å². The first-order chi connectivity index (χ1) is 3.79. The fourth-order valence-electron chi connectivity index (χ4n) is 0.461. The molecule has 1 N–H and O–H groups in total. The van der Waals surface area contributed by atoms with Crippen LogP contribution < -0.4 is 24.0 Å². The highest BCUT2D eigenvalue weighted by molar-refractivity contribution is 7.58. The topological polar surface area (TPSA) is 20.2 Å². The van der Waals surface area contributed by atoms with Gasteiger partial charge >= 0.3 is 0 Å². The minimum absolute atomic E-state index is 0. The van der Waals surface area contributed by atoms with Crippen LogP contribution in [0.3, 0.4) is 0 Å². The number of benzene rings is 1. The Morgan fingerprint density at radius 3 is 1.89 bits per heavy atom. The first kappa shape index (κ1) is 9.10. The molecule has 0 unspecified atom stereocenters. The van der Waals surface area contributed by atoms with E-state index in [1.54, 1.807) is 24.3 Å². The summed E-state index contributed by atoms with van der Waals surface area (Å²) in [6.45, 7) is 0. The second-order valence-corrected chi connectivity index (χ2v) is 2.12. The summed E-state index contributed by atoms with van der Waals surface area (Å²) < 4.78 is 0. The van der Waals surface area contributed by atoms with Crippen molar-refractivity contribution in [3.05, 3.63) is 24.3 Å². The SMILES string of the molecule is Oc1ccc([SH2+])cc1.[I-]. The molecule has 0 saturated carbocycles. The van der Waals surface area contributed by atoms with Crippen molar-refractivity contribution in [1.29, 1.82) is 0 Å². The Morgan fingerprint density at radius 2 is 1.56 bits per heavy atom. The Balaban J connectivity index is 0.000000640. The van der Waals surface area contributed by atoms with E-state index in [0.29, 0.717) is 5.75 Å². The van der Waals surface area contributed by atoms with Gasteiger partial charge in [0.05, 0.1) is 0 Å². The zero-order chi connectivity index (χ0) is 5.98. The molecule has 0 heterocycles. The van der Waals surface area contributed by atoms with Gasteiger partial charge in [0.2, 0.25) is 0 Å². The zero-order valence-corrected chi connectivity index (χ0v) is 7.79. The number of hydrogen-bond acceptors (Lipinski definition) is 1. The highest BCUT2D eigenvalue weighted by Gasteiger charge is 1.88. The van der Waals surface area contributed by atoms with E-state index in [2.05, 4.69) is 12.6 Å². The number of phenols is 1. The van der Waals surface area contributed by atoms with Crippen LogP contribution in [0.25, 0.3) is 0 Å². The van der Waals surface area contributed by atoms with Crippen molar-refractivity contribution in [2.75, 3.05) is 0 Å². The van der Waals surface area contributed by atoms with Crippen LogP contribution in [0.1, 0.15) is 0 Å². The van der Waals surface area contributed by atoms with Gasteiger partial charge in [0.1, 0.15) is 5.75 Å². The van der Waals surface area contributed by atoms with Gasteiger partial charge in [-0.05, 0) is 36.9 Å². The maximum Gasteiger partial charge on any atom is 0.150 e. The van der Waals surface area contributed by atoms with Crippen LogP contribution in [0.5, 0.6) is 5.75 Å². The third-order valence-electron chi connectivity index (χ3n) is 0.867. The van der Waals surface area contributed by atoms with E-state index in [0.717, 1.165) is 4.90 Å². The molecule has 0 saturated heterocycles. The number of aromatic hydroxyl groups is 1. The molecule has 0 aliphatic carbocycles. The maximum atomic E-state index is 8.74. The molecule has 0 atom stereocenters. The van der Waals surface area contributed by atoms with Crippen LogP contribution in [0.15, 0.2) is 29.2 Å². The second-order valence-electron chi connectivity index (χ2n) is 1.55. The molecule has 1 rings (SSSR count). The highest BCUT2D eigenvalue weighted by atomic mass is 127. The van der Waals surface area contributed by atoms with Gasteiger partial charge in [-0.25, -0.2) is 0 Å². The molecule has 0 aliphatic heterocycles. The van der Waals surface area contributed by atoms with Gasteiger partial charge in [-0.2, -0.15) is 0 Å². The third kappa shape index (κ3) is 2.95. The van der Waals surface area contributed by atoms with Gasteiger partial charge in [0, 0.05) is 0 Å². The van der Waals surface area contributed by atoms with Gasteiger partial charge in [-0.1, -0.05) is 0 Å². The Morgan fingerprint density at radius 1 is 1.11 bits per heavy atom. The van der Waals surface area contributed by atoms with E-state index < -0.39 is 0 Å². The van der Waals surface area contributed by atoms with Crippen molar-refractivity contribution in [3.63, 3.8) is 0 Å². The van der Waals surface area contributed by atoms with Crippen molar-refractivity contribution in [2.24, 2.45) is 0 Å². The Kier molecular flexibility index (Phi) is 4.05. The predicted molar refractivity (Wildman–Crippen MR) is 36.5 cm³/mol.